The zero-order valence-electron chi connectivity index (χ0n) is 12.8. The topological polar surface area (TPSA) is 86.3 Å². The van der Waals surface area contributed by atoms with E-state index in [1.54, 1.807) is 47.6 Å². The Balaban J connectivity index is 2.18. The first-order chi connectivity index (χ1) is 11.1. The number of nitrogens with one attached hydrogen (secondary N) is 1. The van der Waals surface area contributed by atoms with E-state index in [1.807, 2.05) is 6.07 Å². The van der Waals surface area contributed by atoms with E-state index in [1.165, 1.54) is 6.92 Å². The predicted molar refractivity (Wildman–Crippen MR) is 84.4 cm³/mol. The summed E-state index contributed by atoms with van der Waals surface area (Å²) in [6.07, 6.45) is 1.78. The van der Waals surface area contributed by atoms with Crippen LogP contribution in [-0.4, -0.2) is 23.3 Å². The Morgan fingerprint density at radius 3 is 2.78 bits per heavy atom. The number of carbonyl (C=O) groups is 2. The molecule has 6 nitrogen and oxygen atoms in total. The van der Waals surface area contributed by atoms with Gasteiger partial charge < -0.3 is 14.6 Å². The molecule has 2 aromatic rings. The molecule has 23 heavy (non-hydrogen) atoms. The Kier molecular flexibility index (Phi) is 5.53. The van der Waals surface area contributed by atoms with Crippen LogP contribution in [0.4, 0.5) is 5.69 Å². The van der Waals surface area contributed by atoms with Crippen molar-refractivity contribution in [2.24, 2.45) is 0 Å². The fraction of sp³-hybridized carbons (Fsp3) is 0.235. The molecule has 0 saturated carbocycles. The molecule has 118 valence electrons. The second kappa shape index (κ2) is 7.80. The van der Waals surface area contributed by atoms with Gasteiger partial charge in [0.15, 0.2) is 0 Å². The van der Waals surface area contributed by atoms with Gasteiger partial charge in [0.25, 0.3) is 5.91 Å². The Morgan fingerprint density at radius 2 is 2.13 bits per heavy atom. The van der Waals surface area contributed by atoms with Gasteiger partial charge >= 0.3 is 0 Å². The van der Waals surface area contributed by atoms with Crippen LogP contribution < -0.4 is 5.32 Å². The Bertz CT molecular complexity index is 717. The quantitative estimate of drug-likeness (QED) is 0.888. The molecule has 0 spiro atoms. The molecule has 0 atom stereocenters. The van der Waals surface area contributed by atoms with Gasteiger partial charge in [-0.25, -0.2) is 0 Å². The Morgan fingerprint density at radius 1 is 1.30 bits per heavy atom. The third kappa shape index (κ3) is 4.71. The molecule has 1 N–H and O–H groups in total. The maximum atomic E-state index is 12.7. The average molecular weight is 311 g/mol. The normalized spacial score (nSPS) is 9.91. The number of hydrogen-bond acceptors (Lipinski definition) is 4. The van der Waals surface area contributed by atoms with Crippen molar-refractivity contribution in [3.8, 4) is 6.07 Å². The van der Waals surface area contributed by atoms with E-state index in [-0.39, 0.29) is 24.8 Å². The largest absolute Gasteiger partial charge is 0.467 e. The van der Waals surface area contributed by atoms with Crippen LogP contribution in [0.5, 0.6) is 0 Å². The number of hydrogen-bond donors (Lipinski definition) is 1. The number of rotatable bonds is 6. The molecule has 0 fully saturated rings. The van der Waals surface area contributed by atoms with Gasteiger partial charge in [0.2, 0.25) is 5.91 Å². The zero-order valence-corrected chi connectivity index (χ0v) is 12.8. The summed E-state index contributed by atoms with van der Waals surface area (Å²) in [4.78, 5) is 25.4. The van der Waals surface area contributed by atoms with E-state index in [9.17, 15) is 9.59 Å². The molecule has 6 heteroatoms. The molecular formula is C17H17N3O3. The van der Waals surface area contributed by atoms with Crippen molar-refractivity contribution in [2.45, 2.75) is 19.9 Å². The van der Waals surface area contributed by atoms with E-state index in [0.717, 1.165) is 0 Å². The summed E-state index contributed by atoms with van der Waals surface area (Å²) in [6, 6.07) is 12.3. The SMILES string of the molecule is CC(=O)Nc1cccc(C(=O)N(CCC#N)Cc2ccco2)c1. The highest BCUT2D eigenvalue weighted by molar-refractivity contribution is 5.96. The zero-order chi connectivity index (χ0) is 16.7. The molecule has 0 saturated heterocycles. The lowest BCUT2D eigenvalue weighted by molar-refractivity contribution is -0.114. The van der Waals surface area contributed by atoms with Crippen LogP contribution in [0.25, 0.3) is 0 Å². The minimum absolute atomic E-state index is 0.202. The van der Waals surface area contributed by atoms with Crippen molar-refractivity contribution in [1.29, 1.82) is 5.26 Å². The fourth-order valence-corrected chi connectivity index (χ4v) is 2.14. The summed E-state index contributed by atoms with van der Waals surface area (Å²) in [5.41, 5.74) is 1.00. The van der Waals surface area contributed by atoms with E-state index in [4.69, 9.17) is 9.68 Å². The second-order valence-corrected chi connectivity index (χ2v) is 4.98. The second-order valence-electron chi connectivity index (χ2n) is 4.98. The third-order valence-electron chi connectivity index (χ3n) is 3.14. The van der Waals surface area contributed by atoms with Gasteiger partial charge in [-0.1, -0.05) is 6.07 Å². The molecule has 1 heterocycles. The number of nitriles is 1. The highest BCUT2D eigenvalue weighted by Crippen LogP contribution is 2.15. The number of carbonyl (C=O) groups excluding carboxylic acids is 2. The van der Waals surface area contributed by atoms with Crippen molar-refractivity contribution in [3.05, 3.63) is 54.0 Å². The number of furan rings is 1. The standard InChI is InChI=1S/C17H17N3O3/c1-13(21)19-15-6-2-5-14(11-15)17(22)20(9-4-8-18)12-16-7-3-10-23-16/h2-3,5-7,10-11H,4,9,12H2,1H3,(H,19,21). The lowest BCUT2D eigenvalue weighted by Gasteiger charge is -2.21. The van der Waals surface area contributed by atoms with E-state index in [0.29, 0.717) is 23.6 Å². The van der Waals surface area contributed by atoms with Crippen LogP contribution in [0, 0.1) is 11.3 Å². The highest BCUT2D eigenvalue weighted by atomic mass is 16.3. The summed E-state index contributed by atoms with van der Waals surface area (Å²) in [6.45, 7) is 2.00. The van der Waals surface area contributed by atoms with E-state index < -0.39 is 0 Å². The van der Waals surface area contributed by atoms with Gasteiger partial charge in [-0.05, 0) is 30.3 Å². The first-order valence-corrected chi connectivity index (χ1v) is 7.16. The third-order valence-corrected chi connectivity index (χ3v) is 3.14. The maximum absolute atomic E-state index is 12.7. The van der Waals surface area contributed by atoms with Crippen molar-refractivity contribution in [2.75, 3.05) is 11.9 Å². The van der Waals surface area contributed by atoms with Gasteiger partial charge in [-0.2, -0.15) is 5.26 Å². The van der Waals surface area contributed by atoms with Gasteiger partial charge in [0.1, 0.15) is 5.76 Å². The van der Waals surface area contributed by atoms with Crippen LogP contribution in [-0.2, 0) is 11.3 Å². The summed E-state index contributed by atoms with van der Waals surface area (Å²) in [5.74, 6) is 0.227. The van der Waals surface area contributed by atoms with Gasteiger partial charge in [-0.3, -0.25) is 9.59 Å². The van der Waals surface area contributed by atoms with Crippen LogP contribution in [0.15, 0.2) is 47.1 Å². The minimum Gasteiger partial charge on any atom is -0.467 e. The molecule has 1 aromatic carbocycles. The van der Waals surface area contributed by atoms with Crippen LogP contribution in [0.3, 0.4) is 0 Å². The van der Waals surface area contributed by atoms with E-state index >= 15 is 0 Å². The smallest absolute Gasteiger partial charge is 0.254 e. The molecule has 2 amide bonds. The lowest BCUT2D eigenvalue weighted by atomic mass is 10.1. The molecule has 2 rings (SSSR count). The number of nitrogens with zero attached hydrogens (tertiary/aromatic N) is 2. The summed E-state index contributed by atoms with van der Waals surface area (Å²) < 4.78 is 5.27. The maximum Gasteiger partial charge on any atom is 0.254 e. The van der Waals surface area contributed by atoms with Gasteiger partial charge in [0, 0.05) is 24.7 Å². The molecule has 1 aromatic heterocycles. The minimum atomic E-state index is -0.219. The molecule has 0 radical (unpaired) electrons. The van der Waals surface area contributed by atoms with Crippen LogP contribution in [0.2, 0.25) is 0 Å². The summed E-state index contributed by atoms with van der Waals surface area (Å²) in [7, 11) is 0. The highest BCUT2D eigenvalue weighted by Gasteiger charge is 2.17. The predicted octanol–water partition coefficient (Wildman–Crippen LogP) is 2.79. The Labute approximate surface area is 134 Å². The molecular weight excluding hydrogens is 294 g/mol. The lowest BCUT2D eigenvalue weighted by Crippen LogP contribution is -2.31. The monoisotopic (exact) mass is 311 g/mol. The molecule has 0 aliphatic heterocycles. The van der Waals surface area contributed by atoms with Crippen molar-refractivity contribution < 1.29 is 14.0 Å². The first-order valence-electron chi connectivity index (χ1n) is 7.16. The molecule has 0 bridgehead atoms. The number of benzene rings is 1. The molecule has 0 aliphatic carbocycles. The first kappa shape index (κ1) is 16.3. The van der Waals surface area contributed by atoms with Gasteiger partial charge in [0.05, 0.1) is 25.3 Å². The Hall–Kier alpha value is -3.07. The van der Waals surface area contributed by atoms with Crippen LogP contribution >= 0.6 is 0 Å². The number of anilines is 1. The van der Waals surface area contributed by atoms with Gasteiger partial charge in [-0.15, -0.1) is 0 Å². The van der Waals surface area contributed by atoms with Crippen molar-refractivity contribution in [3.63, 3.8) is 0 Å². The van der Waals surface area contributed by atoms with Crippen molar-refractivity contribution >= 4 is 17.5 Å². The summed E-state index contributed by atoms with van der Waals surface area (Å²) in [5, 5.41) is 11.4. The molecule has 0 unspecified atom stereocenters. The fourth-order valence-electron chi connectivity index (χ4n) is 2.14. The number of amides is 2. The average Bonchev–Trinajstić information content (AvgIpc) is 3.03. The van der Waals surface area contributed by atoms with Crippen LogP contribution in [0.1, 0.15) is 29.5 Å². The van der Waals surface area contributed by atoms with E-state index in [2.05, 4.69) is 5.32 Å². The molecule has 0 aliphatic rings. The summed E-state index contributed by atoms with van der Waals surface area (Å²) >= 11 is 0. The van der Waals surface area contributed by atoms with Crippen molar-refractivity contribution in [1.82, 2.24) is 4.90 Å².